The van der Waals surface area contributed by atoms with Gasteiger partial charge in [0.2, 0.25) is 0 Å². The second kappa shape index (κ2) is 7.08. The molecule has 0 unspecified atom stereocenters. The van der Waals surface area contributed by atoms with E-state index in [9.17, 15) is 0 Å². The molecule has 3 aromatic rings. The van der Waals surface area contributed by atoms with Gasteiger partial charge in [0.15, 0.2) is 0 Å². The van der Waals surface area contributed by atoms with Gasteiger partial charge in [-0.15, -0.1) is 0 Å². The molecule has 4 rings (SSSR count). The minimum atomic E-state index is 0.980. The molecule has 0 spiro atoms. The number of rotatable bonds is 2. The van der Waals surface area contributed by atoms with Crippen LogP contribution in [0.25, 0.3) is 10.8 Å². The second-order valence-electron chi connectivity index (χ2n) is 6.53. The molecule has 25 heavy (non-hydrogen) atoms. The Morgan fingerprint density at radius 1 is 0.880 bits per heavy atom. The second-order valence-corrected chi connectivity index (χ2v) is 6.53. The molecule has 1 N–H and O–H groups in total. The third-order valence-corrected chi connectivity index (χ3v) is 4.72. The van der Waals surface area contributed by atoms with E-state index >= 15 is 0 Å². The van der Waals surface area contributed by atoms with Crippen molar-refractivity contribution in [2.24, 2.45) is 4.99 Å². The predicted octanol–water partition coefficient (Wildman–Crippen LogP) is 4.13. The van der Waals surface area contributed by atoms with Gasteiger partial charge in [-0.05, 0) is 29.8 Å². The van der Waals surface area contributed by atoms with E-state index in [4.69, 9.17) is 4.99 Å². The first-order chi connectivity index (χ1) is 12.3. The van der Waals surface area contributed by atoms with Crippen molar-refractivity contribution in [2.75, 3.05) is 26.2 Å². The van der Waals surface area contributed by atoms with Crippen molar-refractivity contribution in [3.8, 4) is 0 Å². The maximum atomic E-state index is 5.06. The highest BCUT2D eigenvalue weighted by molar-refractivity contribution is 6.10. The Morgan fingerprint density at radius 2 is 1.60 bits per heavy atom. The lowest BCUT2D eigenvalue weighted by atomic mass is 10.0. The van der Waals surface area contributed by atoms with Gasteiger partial charge in [0.25, 0.3) is 0 Å². The molecule has 0 amide bonds. The van der Waals surface area contributed by atoms with Crippen LogP contribution in [0.2, 0.25) is 0 Å². The van der Waals surface area contributed by atoms with Gasteiger partial charge in [0.05, 0.1) is 5.69 Å². The van der Waals surface area contributed by atoms with Crippen molar-refractivity contribution in [2.45, 2.75) is 6.92 Å². The lowest BCUT2D eigenvalue weighted by molar-refractivity contribution is 0.358. The lowest BCUT2D eigenvalue weighted by Crippen LogP contribution is -2.46. The summed E-state index contributed by atoms with van der Waals surface area (Å²) < 4.78 is 0. The van der Waals surface area contributed by atoms with Crippen LogP contribution in [0.5, 0.6) is 0 Å². The molecular weight excluding hydrogens is 306 g/mol. The molecule has 3 nitrogen and oxygen atoms in total. The average Bonchev–Trinajstić information content (AvgIpc) is 2.68. The third-order valence-electron chi connectivity index (χ3n) is 4.72. The molecule has 1 saturated heterocycles. The highest BCUT2D eigenvalue weighted by atomic mass is 15.2. The summed E-state index contributed by atoms with van der Waals surface area (Å²) in [5, 5.41) is 5.95. The molecule has 1 heterocycles. The van der Waals surface area contributed by atoms with Crippen LogP contribution in [0.3, 0.4) is 0 Å². The number of benzene rings is 3. The molecule has 0 aromatic heterocycles. The smallest absolute Gasteiger partial charge is 0.137 e. The van der Waals surface area contributed by atoms with E-state index in [2.05, 4.69) is 83.9 Å². The van der Waals surface area contributed by atoms with Crippen LogP contribution in [0, 0.1) is 6.92 Å². The number of hydrogen-bond acceptors (Lipinski definition) is 2. The number of amidine groups is 1. The Morgan fingerprint density at radius 3 is 2.40 bits per heavy atom. The minimum absolute atomic E-state index is 0.980. The molecule has 0 atom stereocenters. The summed E-state index contributed by atoms with van der Waals surface area (Å²) in [5.74, 6) is 1.07. The van der Waals surface area contributed by atoms with E-state index in [1.807, 2.05) is 0 Å². The highest BCUT2D eigenvalue weighted by Gasteiger charge is 2.18. The van der Waals surface area contributed by atoms with Crippen LogP contribution in [0.4, 0.5) is 5.69 Å². The Hall–Kier alpha value is -2.65. The van der Waals surface area contributed by atoms with E-state index in [1.165, 1.54) is 21.9 Å². The Kier molecular flexibility index (Phi) is 4.49. The van der Waals surface area contributed by atoms with Crippen LogP contribution in [0.15, 0.2) is 71.7 Å². The van der Waals surface area contributed by atoms with Crippen molar-refractivity contribution in [1.29, 1.82) is 0 Å². The van der Waals surface area contributed by atoms with Gasteiger partial charge < -0.3 is 10.2 Å². The Labute approximate surface area is 149 Å². The van der Waals surface area contributed by atoms with Gasteiger partial charge in [-0.25, -0.2) is 4.99 Å². The van der Waals surface area contributed by atoms with Crippen LogP contribution in [0.1, 0.15) is 11.1 Å². The van der Waals surface area contributed by atoms with E-state index in [1.54, 1.807) is 0 Å². The minimum Gasteiger partial charge on any atom is -0.354 e. The van der Waals surface area contributed by atoms with E-state index in [-0.39, 0.29) is 0 Å². The molecule has 1 aliphatic heterocycles. The summed E-state index contributed by atoms with van der Waals surface area (Å²) >= 11 is 0. The molecule has 3 heteroatoms. The topological polar surface area (TPSA) is 27.6 Å². The predicted molar refractivity (Wildman–Crippen MR) is 106 cm³/mol. The summed E-state index contributed by atoms with van der Waals surface area (Å²) in [6, 6.07) is 23.5. The first-order valence-corrected chi connectivity index (χ1v) is 8.90. The summed E-state index contributed by atoms with van der Waals surface area (Å²) in [6.45, 7) is 6.06. The number of nitrogens with one attached hydrogen (secondary N) is 1. The highest BCUT2D eigenvalue weighted by Crippen LogP contribution is 2.23. The van der Waals surface area contributed by atoms with Crippen molar-refractivity contribution in [3.05, 3.63) is 77.9 Å². The maximum Gasteiger partial charge on any atom is 0.137 e. The van der Waals surface area contributed by atoms with E-state index in [0.29, 0.717) is 0 Å². The Balaban J connectivity index is 1.85. The molecule has 1 aliphatic rings. The third kappa shape index (κ3) is 3.42. The van der Waals surface area contributed by atoms with E-state index in [0.717, 1.165) is 37.7 Å². The van der Waals surface area contributed by atoms with Gasteiger partial charge in [0.1, 0.15) is 5.84 Å². The zero-order valence-corrected chi connectivity index (χ0v) is 14.6. The van der Waals surface area contributed by atoms with Crippen molar-refractivity contribution >= 4 is 22.3 Å². The van der Waals surface area contributed by atoms with Gasteiger partial charge in [-0.2, -0.15) is 0 Å². The number of piperazine rings is 1. The summed E-state index contributed by atoms with van der Waals surface area (Å²) in [5.41, 5.74) is 3.47. The Bertz CT molecular complexity index is 885. The van der Waals surface area contributed by atoms with Crippen LogP contribution in [-0.2, 0) is 0 Å². The molecule has 0 radical (unpaired) electrons. The largest absolute Gasteiger partial charge is 0.354 e. The standard InChI is InChI=1S/C22H23N3/c1-17-9-11-19(12-10-17)24-22(25-15-13-23-14-16-25)21-8-4-6-18-5-2-3-7-20(18)21/h2-12,23H,13-16H2,1H3. The SMILES string of the molecule is Cc1ccc(N=C(c2cccc3ccccc23)N2CCNCC2)cc1. The first-order valence-electron chi connectivity index (χ1n) is 8.90. The van der Waals surface area contributed by atoms with Crippen LogP contribution in [-0.4, -0.2) is 36.9 Å². The number of aliphatic imine (C=N–C) groups is 1. The van der Waals surface area contributed by atoms with Gasteiger partial charge in [-0.1, -0.05) is 60.2 Å². The van der Waals surface area contributed by atoms with Crippen LogP contribution >= 0.6 is 0 Å². The summed E-state index contributed by atoms with van der Waals surface area (Å²) in [7, 11) is 0. The number of hydrogen-bond donors (Lipinski definition) is 1. The number of fused-ring (bicyclic) bond motifs is 1. The van der Waals surface area contributed by atoms with Crippen LogP contribution < -0.4 is 5.32 Å². The quantitative estimate of drug-likeness (QED) is 0.565. The molecule has 0 bridgehead atoms. The molecule has 0 saturated carbocycles. The number of nitrogens with zero attached hydrogens (tertiary/aromatic N) is 2. The maximum absolute atomic E-state index is 5.06. The molecule has 1 fully saturated rings. The summed E-state index contributed by atoms with van der Waals surface area (Å²) in [4.78, 5) is 7.46. The zero-order chi connectivity index (χ0) is 17.1. The molecule has 126 valence electrons. The first kappa shape index (κ1) is 15.9. The van der Waals surface area contributed by atoms with Crippen molar-refractivity contribution < 1.29 is 0 Å². The van der Waals surface area contributed by atoms with Crippen molar-refractivity contribution in [1.82, 2.24) is 10.2 Å². The molecule has 3 aromatic carbocycles. The zero-order valence-electron chi connectivity index (χ0n) is 14.6. The van der Waals surface area contributed by atoms with Gasteiger partial charge in [0, 0.05) is 31.7 Å². The fourth-order valence-electron chi connectivity index (χ4n) is 3.34. The monoisotopic (exact) mass is 329 g/mol. The normalized spacial score (nSPS) is 15.6. The average molecular weight is 329 g/mol. The summed E-state index contributed by atoms with van der Waals surface area (Å²) in [6.07, 6.45) is 0. The molecule has 0 aliphatic carbocycles. The molecular formula is C22H23N3. The van der Waals surface area contributed by atoms with Gasteiger partial charge >= 0.3 is 0 Å². The van der Waals surface area contributed by atoms with Gasteiger partial charge in [-0.3, -0.25) is 0 Å². The lowest BCUT2D eigenvalue weighted by Gasteiger charge is -2.31. The van der Waals surface area contributed by atoms with Crippen molar-refractivity contribution in [3.63, 3.8) is 0 Å². The fourth-order valence-corrected chi connectivity index (χ4v) is 3.34. The fraction of sp³-hybridized carbons (Fsp3) is 0.227. The van der Waals surface area contributed by atoms with E-state index < -0.39 is 0 Å². The number of aryl methyl sites for hydroxylation is 1.